The van der Waals surface area contributed by atoms with Crippen LogP contribution in [0.1, 0.15) is 5.69 Å². The van der Waals surface area contributed by atoms with Crippen molar-refractivity contribution in [3.63, 3.8) is 0 Å². The smallest absolute Gasteiger partial charge is 0.325 e. The second kappa shape index (κ2) is 8.86. The number of oxazole rings is 1. The van der Waals surface area contributed by atoms with Crippen molar-refractivity contribution in [3.05, 3.63) is 66.6 Å². The molecule has 0 atom stereocenters. The molecule has 0 fully saturated rings. The minimum absolute atomic E-state index is 0.243. The van der Waals surface area contributed by atoms with Gasteiger partial charge in [-0.1, -0.05) is 18.2 Å². The first-order valence-electron chi connectivity index (χ1n) is 8.42. The highest BCUT2D eigenvalue weighted by atomic mass is 16.7. The minimum atomic E-state index is -0.973. The average molecular weight is 368 g/mol. The molecule has 0 saturated heterocycles. The minimum Gasteiger partial charge on any atom is -0.493 e. The first-order chi connectivity index (χ1) is 13.2. The summed E-state index contributed by atoms with van der Waals surface area (Å²) < 4.78 is 11.2. The number of hydrogen-bond donors (Lipinski definition) is 1. The predicted octanol–water partition coefficient (Wildman–Crippen LogP) is 3.42. The number of hydroxylamine groups is 1. The quantitative estimate of drug-likeness (QED) is 0.579. The lowest BCUT2D eigenvalue weighted by molar-refractivity contribution is -0.136. The van der Waals surface area contributed by atoms with Crippen molar-refractivity contribution in [3.8, 4) is 17.2 Å². The van der Waals surface area contributed by atoms with Crippen LogP contribution in [0.15, 0.2) is 65.3 Å². The van der Waals surface area contributed by atoms with Gasteiger partial charge in [0.25, 0.3) is 0 Å². The van der Waals surface area contributed by atoms with E-state index in [1.165, 1.54) is 12.2 Å². The molecule has 27 heavy (non-hydrogen) atoms. The van der Waals surface area contributed by atoms with Crippen molar-refractivity contribution >= 4 is 11.7 Å². The predicted molar refractivity (Wildman–Crippen MR) is 99.6 cm³/mol. The van der Waals surface area contributed by atoms with Gasteiger partial charge in [0.1, 0.15) is 18.6 Å². The number of benzene rings is 2. The number of nitrogens with zero attached hydrogens (tertiary/aromatic N) is 2. The van der Waals surface area contributed by atoms with Crippen LogP contribution >= 0.6 is 0 Å². The maximum atomic E-state index is 10.8. The van der Waals surface area contributed by atoms with Crippen LogP contribution in [0, 0.1) is 0 Å². The number of carbonyl (C=O) groups is 1. The summed E-state index contributed by atoms with van der Waals surface area (Å²) in [6.45, 7) is 0.204. The summed E-state index contributed by atoms with van der Waals surface area (Å²) in [7, 11) is 1.43. The molecule has 0 radical (unpaired) electrons. The van der Waals surface area contributed by atoms with Crippen LogP contribution in [0.2, 0.25) is 0 Å². The molecule has 3 aromatic rings. The lowest BCUT2D eigenvalue weighted by Gasteiger charge is -2.19. The highest BCUT2D eigenvalue weighted by Gasteiger charge is 2.10. The monoisotopic (exact) mass is 368 g/mol. The Hall–Kier alpha value is -3.32. The largest absolute Gasteiger partial charge is 0.493 e. The van der Waals surface area contributed by atoms with E-state index in [1.54, 1.807) is 30.5 Å². The highest BCUT2D eigenvalue weighted by molar-refractivity contribution is 5.73. The number of aromatic nitrogens is 1. The zero-order valence-electron chi connectivity index (χ0n) is 14.9. The summed E-state index contributed by atoms with van der Waals surface area (Å²) in [5.74, 6) is 0.296. The fourth-order valence-electron chi connectivity index (χ4n) is 2.50. The fraction of sp³-hybridized carbons (Fsp3) is 0.200. The van der Waals surface area contributed by atoms with E-state index >= 15 is 0 Å². The molecule has 3 rings (SSSR count). The number of aliphatic carboxylic acids is 1. The summed E-state index contributed by atoms with van der Waals surface area (Å²) in [6.07, 6.45) is 2.25. The van der Waals surface area contributed by atoms with Gasteiger partial charge in [0.2, 0.25) is 5.89 Å². The molecule has 0 unspecified atom stereocenters. The number of hydrogen-bond acceptors (Lipinski definition) is 6. The van der Waals surface area contributed by atoms with E-state index in [4.69, 9.17) is 19.1 Å². The van der Waals surface area contributed by atoms with E-state index in [-0.39, 0.29) is 6.54 Å². The maximum absolute atomic E-state index is 10.8. The van der Waals surface area contributed by atoms with Crippen molar-refractivity contribution < 1.29 is 23.9 Å². The molecule has 0 aliphatic heterocycles. The molecule has 1 heterocycles. The first kappa shape index (κ1) is 18.5. The van der Waals surface area contributed by atoms with Crippen LogP contribution in [-0.2, 0) is 16.1 Å². The molecule has 0 saturated carbocycles. The third-order valence-electron chi connectivity index (χ3n) is 3.82. The van der Waals surface area contributed by atoms with Crippen LogP contribution in [-0.4, -0.2) is 36.3 Å². The Bertz CT molecular complexity index is 862. The molecule has 7 heteroatoms. The van der Waals surface area contributed by atoms with Crippen LogP contribution in [0.5, 0.6) is 5.75 Å². The lowest BCUT2D eigenvalue weighted by Crippen LogP contribution is -2.28. The molecule has 0 aliphatic rings. The zero-order chi connectivity index (χ0) is 19.1. The maximum Gasteiger partial charge on any atom is 0.325 e. The Balaban J connectivity index is 1.52. The highest BCUT2D eigenvalue weighted by Crippen LogP contribution is 2.21. The Morgan fingerprint density at radius 2 is 1.89 bits per heavy atom. The van der Waals surface area contributed by atoms with E-state index < -0.39 is 5.97 Å². The summed E-state index contributed by atoms with van der Waals surface area (Å²) in [5.41, 5.74) is 2.39. The topological polar surface area (TPSA) is 85.0 Å². The third kappa shape index (κ3) is 5.08. The van der Waals surface area contributed by atoms with Gasteiger partial charge in [-0.05, 0) is 36.4 Å². The Kier molecular flexibility index (Phi) is 6.06. The Morgan fingerprint density at radius 1 is 1.15 bits per heavy atom. The number of carboxylic acids is 1. The van der Waals surface area contributed by atoms with Crippen LogP contribution < -0.4 is 9.80 Å². The van der Waals surface area contributed by atoms with Crippen LogP contribution in [0.25, 0.3) is 11.5 Å². The second-order valence-electron chi connectivity index (χ2n) is 5.72. The first-order valence-corrected chi connectivity index (χ1v) is 8.42. The van der Waals surface area contributed by atoms with Gasteiger partial charge in [-0.25, -0.2) is 10.0 Å². The van der Waals surface area contributed by atoms with E-state index in [0.29, 0.717) is 30.4 Å². The molecule has 2 aromatic carbocycles. The van der Waals surface area contributed by atoms with Gasteiger partial charge in [-0.3, -0.25) is 9.63 Å². The van der Waals surface area contributed by atoms with Gasteiger partial charge >= 0.3 is 5.97 Å². The van der Waals surface area contributed by atoms with Gasteiger partial charge in [0, 0.05) is 12.0 Å². The number of rotatable bonds is 9. The molecule has 1 N–H and O–H groups in total. The lowest BCUT2D eigenvalue weighted by atomic mass is 10.2. The summed E-state index contributed by atoms with van der Waals surface area (Å²) in [6, 6.07) is 16.7. The van der Waals surface area contributed by atoms with Crippen molar-refractivity contribution in [1.29, 1.82) is 0 Å². The SMILES string of the molecule is CON(CC(=O)O)c1ccc(OCCc2coc(-c3ccccc3)n2)cc1. The normalized spacial score (nSPS) is 10.6. The molecule has 0 aliphatic carbocycles. The average Bonchev–Trinajstić information content (AvgIpc) is 3.16. The molecule has 0 amide bonds. The second-order valence-corrected chi connectivity index (χ2v) is 5.72. The number of carboxylic acid groups (broad SMARTS) is 1. The van der Waals surface area contributed by atoms with Crippen molar-refractivity contribution in [2.45, 2.75) is 6.42 Å². The van der Waals surface area contributed by atoms with Crippen molar-refractivity contribution in [2.75, 3.05) is 25.3 Å². The zero-order valence-corrected chi connectivity index (χ0v) is 14.9. The van der Waals surface area contributed by atoms with E-state index in [0.717, 1.165) is 11.3 Å². The van der Waals surface area contributed by atoms with E-state index in [9.17, 15) is 4.79 Å². The molecule has 140 valence electrons. The molecule has 0 bridgehead atoms. The van der Waals surface area contributed by atoms with E-state index in [2.05, 4.69) is 4.98 Å². The van der Waals surface area contributed by atoms with Crippen LogP contribution in [0.4, 0.5) is 5.69 Å². The summed E-state index contributed by atoms with van der Waals surface area (Å²) in [4.78, 5) is 20.3. The van der Waals surface area contributed by atoms with Crippen molar-refractivity contribution in [1.82, 2.24) is 4.98 Å². The summed E-state index contributed by atoms with van der Waals surface area (Å²) in [5, 5.41) is 10.2. The van der Waals surface area contributed by atoms with Gasteiger partial charge in [-0.15, -0.1) is 0 Å². The summed E-state index contributed by atoms with van der Waals surface area (Å²) >= 11 is 0. The van der Waals surface area contributed by atoms with Crippen molar-refractivity contribution in [2.24, 2.45) is 0 Å². The number of anilines is 1. The van der Waals surface area contributed by atoms with Gasteiger partial charge < -0.3 is 14.3 Å². The van der Waals surface area contributed by atoms with Gasteiger partial charge in [0.15, 0.2) is 0 Å². The van der Waals surface area contributed by atoms with Gasteiger partial charge in [0.05, 0.1) is 25.1 Å². The Labute approximate surface area is 156 Å². The molecule has 0 spiro atoms. The van der Waals surface area contributed by atoms with Gasteiger partial charge in [-0.2, -0.15) is 0 Å². The molecule has 7 nitrogen and oxygen atoms in total. The van der Waals surface area contributed by atoms with E-state index in [1.807, 2.05) is 30.3 Å². The third-order valence-corrected chi connectivity index (χ3v) is 3.82. The standard InChI is InChI=1S/C20H20N2O5/c1-25-22(13-19(23)24)17-7-9-18(10-8-17)26-12-11-16-14-27-20(21-16)15-5-3-2-4-6-15/h2-10,14H,11-13H2,1H3,(H,23,24). The Morgan fingerprint density at radius 3 is 2.56 bits per heavy atom. The molecular weight excluding hydrogens is 348 g/mol. The van der Waals surface area contributed by atoms with Crippen LogP contribution in [0.3, 0.4) is 0 Å². The molecule has 1 aromatic heterocycles. The number of ether oxygens (including phenoxy) is 1. The molecular formula is C20H20N2O5. The fourth-order valence-corrected chi connectivity index (χ4v) is 2.50.